The van der Waals surface area contributed by atoms with Crippen molar-refractivity contribution in [1.82, 2.24) is 9.97 Å². The molecule has 0 amide bonds. The highest BCUT2D eigenvalue weighted by Crippen LogP contribution is 2.32. The summed E-state index contributed by atoms with van der Waals surface area (Å²) in [7, 11) is 1.35. The molecule has 0 saturated carbocycles. The molecule has 9 nitrogen and oxygen atoms in total. The number of nitro benzene ring substituents is 1. The van der Waals surface area contributed by atoms with Crippen molar-refractivity contribution >= 4 is 33.4 Å². The molecule has 2 heterocycles. The molecule has 0 aliphatic carbocycles. The normalized spacial score (nSPS) is 11.0. The summed E-state index contributed by atoms with van der Waals surface area (Å²) in [6, 6.07) is 11.2. The van der Waals surface area contributed by atoms with E-state index in [1.165, 1.54) is 19.2 Å². The first kappa shape index (κ1) is 16.5. The van der Waals surface area contributed by atoms with Gasteiger partial charge in [0.1, 0.15) is 16.8 Å². The van der Waals surface area contributed by atoms with Crippen LogP contribution < -0.4 is 16.1 Å². The second-order valence-electron chi connectivity index (χ2n) is 5.69. The van der Waals surface area contributed by atoms with Gasteiger partial charge in [-0.15, -0.1) is 0 Å². The lowest BCUT2D eigenvalue weighted by molar-refractivity contribution is -0.385. The number of hydrogen-bond donors (Lipinski definition) is 1. The van der Waals surface area contributed by atoms with Crippen molar-refractivity contribution in [1.29, 1.82) is 0 Å². The van der Waals surface area contributed by atoms with Crippen LogP contribution in [-0.4, -0.2) is 22.0 Å². The molecule has 0 bridgehead atoms. The summed E-state index contributed by atoms with van der Waals surface area (Å²) in [5.74, 6) is 0.207. The van der Waals surface area contributed by atoms with Gasteiger partial charge < -0.3 is 14.9 Å². The molecule has 0 unspecified atom stereocenters. The Bertz CT molecular complexity index is 1280. The zero-order chi connectivity index (χ0) is 19.1. The minimum atomic E-state index is -0.645. The molecule has 0 aliphatic heterocycles. The molecule has 2 aromatic carbocycles. The number of rotatable bonds is 3. The molecule has 2 N–H and O–H groups in total. The van der Waals surface area contributed by atoms with Crippen LogP contribution in [0.4, 0.5) is 11.5 Å². The van der Waals surface area contributed by atoms with Crippen LogP contribution in [0.15, 0.2) is 51.7 Å². The third-order valence-corrected chi connectivity index (χ3v) is 4.12. The summed E-state index contributed by atoms with van der Waals surface area (Å²) in [4.78, 5) is 31.5. The standard InChI is InChI=1S/C18H12N4O5/c1-26-13-7-6-9(8-11(13)22(24)25)17-20-15-10-4-2-3-5-12(10)27-18(23)14(15)16(19)21-17/h2-8H,1H3,(H2,19,20,21). The number of methoxy groups -OCH3 is 1. The number of nitrogens with two attached hydrogens (primary N) is 1. The molecule has 0 fully saturated rings. The van der Waals surface area contributed by atoms with Crippen molar-refractivity contribution in [2.24, 2.45) is 0 Å². The molecular formula is C18H12N4O5. The molecule has 0 radical (unpaired) electrons. The molecule has 0 spiro atoms. The summed E-state index contributed by atoms with van der Waals surface area (Å²) in [6.07, 6.45) is 0. The summed E-state index contributed by atoms with van der Waals surface area (Å²) >= 11 is 0. The first-order valence-electron chi connectivity index (χ1n) is 7.81. The van der Waals surface area contributed by atoms with E-state index in [-0.39, 0.29) is 28.5 Å². The average Bonchev–Trinajstić information content (AvgIpc) is 2.67. The Morgan fingerprint density at radius 1 is 1.19 bits per heavy atom. The topological polar surface area (TPSA) is 134 Å². The molecule has 134 valence electrons. The van der Waals surface area contributed by atoms with Crippen LogP contribution in [0.3, 0.4) is 0 Å². The van der Waals surface area contributed by atoms with Crippen LogP contribution in [0.5, 0.6) is 5.75 Å². The van der Waals surface area contributed by atoms with Crippen molar-refractivity contribution < 1.29 is 14.1 Å². The average molecular weight is 364 g/mol. The molecular weight excluding hydrogens is 352 g/mol. The van der Waals surface area contributed by atoms with E-state index in [1.54, 1.807) is 30.3 Å². The minimum absolute atomic E-state index is 0.0621. The molecule has 4 aromatic rings. The van der Waals surface area contributed by atoms with Gasteiger partial charge in [-0.1, -0.05) is 12.1 Å². The summed E-state index contributed by atoms with van der Waals surface area (Å²) in [5, 5.41) is 11.9. The van der Waals surface area contributed by atoms with Crippen LogP contribution in [0.25, 0.3) is 33.3 Å². The number of nitrogens with zero attached hydrogens (tertiary/aromatic N) is 3. The van der Waals surface area contributed by atoms with E-state index < -0.39 is 10.5 Å². The van der Waals surface area contributed by atoms with Gasteiger partial charge in [-0.2, -0.15) is 0 Å². The van der Waals surface area contributed by atoms with Crippen LogP contribution in [0, 0.1) is 10.1 Å². The lowest BCUT2D eigenvalue weighted by atomic mass is 10.1. The summed E-state index contributed by atoms with van der Waals surface area (Å²) < 4.78 is 10.3. The molecule has 4 rings (SSSR count). The number of anilines is 1. The number of nitro groups is 1. The van der Waals surface area contributed by atoms with Crippen molar-refractivity contribution in [2.75, 3.05) is 12.8 Å². The number of ether oxygens (including phenoxy) is 1. The van der Waals surface area contributed by atoms with Gasteiger partial charge in [0.2, 0.25) is 0 Å². The summed E-state index contributed by atoms with van der Waals surface area (Å²) in [6.45, 7) is 0. The highest BCUT2D eigenvalue weighted by atomic mass is 16.6. The van der Waals surface area contributed by atoms with Gasteiger partial charge >= 0.3 is 11.3 Å². The monoisotopic (exact) mass is 364 g/mol. The maximum absolute atomic E-state index is 12.3. The molecule has 27 heavy (non-hydrogen) atoms. The van der Waals surface area contributed by atoms with Crippen molar-refractivity contribution in [3.63, 3.8) is 0 Å². The number of aromatic nitrogens is 2. The van der Waals surface area contributed by atoms with Crippen LogP contribution in [0.2, 0.25) is 0 Å². The third-order valence-electron chi connectivity index (χ3n) is 4.12. The van der Waals surface area contributed by atoms with Crippen LogP contribution in [-0.2, 0) is 0 Å². The van der Waals surface area contributed by atoms with Crippen LogP contribution in [0.1, 0.15) is 0 Å². The Balaban J connectivity index is 2.04. The van der Waals surface area contributed by atoms with E-state index in [4.69, 9.17) is 14.9 Å². The van der Waals surface area contributed by atoms with E-state index in [0.717, 1.165) is 0 Å². The molecule has 0 aliphatic rings. The fourth-order valence-corrected chi connectivity index (χ4v) is 2.88. The van der Waals surface area contributed by atoms with Gasteiger partial charge in [0.05, 0.1) is 17.5 Å². The Hall–Kier alpha value is -4.01. The smallest absolute Gasteiger partial charge is 0.349 e. The van der Waals surface area contributed by atoms with Crippen molar-refractivity contribution in [3.8, 4) is 17.1 Å². The quantitative estimate of drug-likeness (QED) is 0.254. The highest BCUT2D eigenvalue weighted by molar-refractivity contribution is 6.05. The Kier molecular flexibility index (Phi) is 3.69. The number of benzene rings is 2. The number of hydrogen-bond acceptors (Lipinski definition) is 8. The molecule has 2 aromatic heterocycles. The van der Waals surface area contributed by atoms with Crippen molar-refractivity contribution in [2.45, 2.75) is 0 Å². The Labute approximate surface area is 151 Å². The first-order chi connectivity index (χ1) is 13.0. The number of para-hydroxylation sites is 1. The SMILES string of the molecule is COc1ccc(-c2nc(N)c3c(=O)oc4ccccc4c3n2)cc1[N+](=O)[O-]. The predicted molar refractivity (Wildman–Crippen MR) is 98.6 cm³/mol. The second kappa shape index (κ2) is 6.06. The van der Waals surface area contributed by atoms with E-state index in [2.05, 4.69) is 9.97 Å². The molecule has 0 atom stereocenters. The van der Waals surface area contributed by atoms with E-state index >= 15 is 0 Å². The lowest BCUT2D eigenvalue weighted by Gasteiger charge is -2.08. The highest BCUT2D eigenvalue weighted by Gasteiger charge is 2.19. The zero-order valence-electron chi connectivity index (χ0n) is 14.0. The number of fused-ring (bicyclic) bond motifs is 3. The maximum atomic E-state index is 12.3. The predicted octanol–water partition coefficient (Wildman–Crippen LogP) is 2.90. The van der Waals surface area contributed by atoms with E-state index in [1.807, 2.05) is 0 Å². The zero-order valence-corrected chi connectivity index (χ0v) is 14.0. The summed E-state index contributed by atoms with van der Waals surface area (Å²) in [5.41, 5.74) is 6.15. The molecule has 0 saturated heterocycles. The van der Waals surface area contributed by atoms with E-state index in [9.17, 15) is 14.9 Å². The molecule has 9 heteroatoms. The van der Waals surface area contributed by atoms with Gasteiger partial charge in [0, 0.05) is 17.0 Å². The van der Waals surface area contributed by atoms with Crippen LogP contribution >= 0.6 is 0 Å². The lowest BCUT2D eigenvalue weighted by Crippen LogP contribution is -2.08. The van der Waals surface area contributed by atoms with Gasteiger partial charge in [0.25, 0.3) is 0 Å². The second-order valence-corrected chi connectivity index (χ2v) is 5.69. The third kappa shape index (κ3) is 2.61. The number of nitrogen functional groups attached to an aromatic ring is 1. The van der Waals surface area contributed by atoms with E-state index in [0.29, 0.717) is 22.0 Å². The fraction of sp³-hybridized carbons (Fsp3) is 0.0556. The maximum Gasteiger partial charge on any atom is 0.349 e. The minimum Gasteiger partial charge on any atom is -0.490 e. The largest absolute Gasteiger partial charge is 0.490 e. The first-order valence-corrected chi connectivity index (χ1v) is 7.81. The Morgan fingerprint density at radius 2 is 1.96 bits per heavy atom. The van der Waals surface area contributed by atoms with Crippen molar-refractivity contribution in [3.05, 3.63) is 63.0 Å². The van der Waals surface area contributed by atoms with Gasteiger partial charge in [-0.3, -0.25) is 10.1 Å². The Morgan fingerprint density at radius 3 is 2.70 bits per heavy atom. The fourth-order valence-electron chi connectivity index (χ4n) is 2.88. The van der Waals surface area contributed by atoms with Gasteiger partial charge in [-0.25, -0.2) is 14.8 Å². The van der Waals surface area contributed by atoms with Gasteiger partial charge in [-0.05, 0) is 24.3 Å². The van der Waals surface area contributed by atoms with Gasteiger partial charge in [0.15, 0.2) is 11.6 Å².